The molecule has 0 unspecified atom stereocenters. The molecule has 82 valence electrons. The Morgan fingerprint density at radius 3 is 2.71 bits per heavy atom. The smallest absolute Gasteiger partial charge is 0.330 e. The molecule has 0 aliphatic carbocycles. The summed E-state index contributed by atoms with van der Waals surface area (Å²) in [5.41, 5.74) is 0. The second-order valence-electron chi connectivity index (χ2n) is 2.98. The molecule has 1 aliphatic heterocycles. The van der Waals surface area contributed by atoms with Crippen molar-refractivity contribution in [1.29, 1.82) is 0 Å². The van der Waals surface area contributed by atoms with Gasteiger partial charge in [-0.05, 0) is 0 Å². The number of piperazine rings is 1. The summed E-state index contributed by atoms with van der Waals surface area (Å²) in [6.45, 7) is 4.99. The van der Waals surface area contributed by atoms with Crippen molar-refractivity contribution >= 4 is 18.4 Å². The van der Waals surface area contributed by atoms with E-state index in [0.29, 0.717) is 0 Å². The zero-order valence-electron chi connectivity index (χ0n) is 8.36. The van der Waals surface area contributed by atoms with Crippen LogP contribution >= 0.6 is 12.4 Å². The van der Waals surface area contributed by atoms with E-state index in [4.69, 9.17) is 0 Å². The standard InChI is InChI=1S/C9H16N2O2.ClH/c1-13-9(12)3-2-6-11-7-4-10-5-8-11;/h2-3,10H,4-8H2,1H3;1H/b3-2+;. The fraction of sp³-hybridized carbons (Fsp3) is 0.667. The van der Waals surface area contributed by atoms with Crippen LogP contribution in [-0.2, 0) is 9.53 Å². The Hall–Kier alpha value is -0.580. The largest absolute Gasteiger partial charge is 0.466 e. The Labute approximate surface area is 90.7 Å². The normalized spacial score (nSPS) is 17.8. The quantitative estimate of drug-likeness (QED) is 0.539. The van der Waals surface area contributed by atoms with Gasteiger partial charge in [-0.1, -0.05) is 6.08 Å². The lowest BCUT2D eigenvalue weighted by Crippen LogP contribution is -2.43. The van der Waals surface area contributed by atoms with Crippen LogP contribution in [0.5, 0.6) is 0 Å². The number of hydrogen-bond acceptors (Lipinski definition) is 4. The number of rotatable bonds is 3. The summed E-state index contributed by atoms with van der Waals surface area (Å²) in [5, 5.41) is 3.27. The lowest BCUT2D eigenvalue weighted by atomic mass is 10.3. The van der Waals surface area contributed by atoms with Crippen LogP contribution in [-0.4, -0.2) is 50.7 Å². The van der Waals surface area contributed by atoms with Crippen LogP contribution in [0.4, 0.5) is 0 Å². The van der Waals surface area contributed by atoms with Crippen LogP contribution < -0.4 is 5.32 Å². The second-order valence-corrected chi connectivity index (χ2v) is 2.98. The summed E-state index contributed by atoms with van der Waals surface area (Å²) >= 11 is 0. The van der Waals surface area contributed by atoms with Gasteiger partial charge >= 0.3 is 5.97 Å². The van der Waals surface area contributed by atoms with Gasteiger partial charge in [-0.15, -0.1) is 12.4 Å². The summed E-state index contributed by atoms with van der Waals surface area (Å²) in [7, 11) is 1.39. The monoisotopic (exact) mass is 220 g/mol. The van der Waals surface area contributed by atoms with E-state index in [9.17, 15) is 4.79 Å². The Kier molecular flexibility index (Phi) is 7.47. The highest BCUT2D eigenvalue weighted by atomic mass is 35.5. The fourth-order valence-corrected chi connectivity index (χ4v) is 1.26. The van der Waals surface area contributed by atoms with Crippen molar-refractivity contribution in [2.75, 3.05) is 39.8 Å². The van der Waals surface area contributed by atoms with Crippen LogP contribution in [0.15, 0.2) is 12.2 Å². The lowest BCUT2D eigenvalue weighted by Gasteiger charge is -2.25. The molecule has 0 aromatic heterocycles. The van der Waals surface area contributed by atoms with Gasteiger partial charge < -0.3 is 10.1 Å². The molecule has 0 aromatic rings. The second kappa shape index (κ2) is 7.79. The molecule has 1 fully saturated rings. The number of esters is 1. The van der Waals surface area contributed by atoms with Crippen LogP contribution in [0.25, 0.3) is 0 Å². The maximum atomic E-state index is 10.7. The third kappa shape index (κ3) is 5.21. The molecule has 5 heteroatoms. The minimum atomic E-state index is -0.282. The van der Waals surface area contributed by atoms with Gasteiger partial charge in [-0.25, -0.2) is 4.79 Å². The lowest BCUT2D eigenvalue weighted by molar-refractivity contribution is -0.134. The molecule has 0 radical (unpaired) electrons. The zero-order chi connectivity index (χ0) is 9.52. The molecule has 1 N–H and O–H groups in total. The van der Waals surface area contributed by atoms with E-state index in [-0.39, 0.29) is 18.4 Å². The highest BCUT2D eigenvalue weighted by Crippen LogP contribution is 1.92. The maximum absolute atomic E-state index is 10.7. The zero-order valence-corrected chi connectivity index (χ0v) is 9.18. The van der Waals surface area contributed by atoms with Gasteiger partial charge in [0.1, 0.15) is 0 Å². The molecule has 0 aromatic carbocycles. The highest BCUT2D eigenvalue weighted by Gasteiger charge is 2.06. The van der Waals surface area contributed by atoms with Gasteiger partial charge in [0.05, 0.1) is 7.11 Å². The van der Waals surface area contributed by atoms with E-state index >= 15 is 0 Å². The number of methoxy groups -OCH3 is 1. The predicted molar refractivity (Wildman–Crippen MR) is 57.7 cm³/mol. The SMILES string of the molecule is COC(=O)/C=C/CN1CCNCC1.Cl. The van der Waals surface area contributed by atoms with E-state index in [1.807, 2.05) is 6.08 Å². The van der Waals surface area contributed by atoms with Gasteiger partial charge in [0.2, 0.25) is 0 Å². The van der Waals surface area contributed by atoms with Crippen LogP contribution in [0.1, 0.15) is 0 Å². The van der Waals surface area contributed by atoms with E-state index in [1.54, 1.807) is 0 Å². The van der Waals surface area contributed by atoms with Crippen LogP contribution in [0, 0.1) is 0 Å². The third-order valence-electron chi connectivity index (χ3n) is 2.03. The topological polar surface area (TPSA) is 41.6 Å². The Morgan fingerprint density at radius 2 is 2.14 bits per heavy atom. The van der Waals surface area contributed by atoms with Crippen molar-refractivity contribution in [2.45, 2.75) is 0 Å². The van der Waals surface area contributed by atoms with Crippen molar-refractivity contribution in [3.05, 3.63) is 12.2 Å². The highest BCUT2D eigenvalue weighted by molar-refractivity contribution is 5.85. The van der Waals surface area contributed by atoms with Gasteiger partial charge in [0, 0.05) is 38.8 Å². The summed E-state index contributed by atoms with van der Waals surface area (Å²) in [6.07, 6.45) is 3.32. The number of halogens is 1. The molecule has 1 saturated heterocycles. The molecule has 1 rings (SSSR count). The first kappa shape index (κ1) is 13.4. The average molecular weight is 221 g/mol. The predicted octanol–water partition coefficient (Wildman–Crippen LogP) is 0.0426. The number of carbonyl (C=O) groups excluding carboxylic acids is 1. The number of nitrogens with one attached hydrogen (secondary N) is 1. The van der Waals surface area contributed by atoms with Gasteiger partial charge in [0.25, 0.3) is 0 Å². The summed E-state index contributed by atoms with van der Waals surface area (Å²) < 4.78 is 4.48. The molecule has 4 nitrogen and oxygen atoms in total. The molecule has 0 saturated carbocycles. The number of ether oxygens (including phenoxy) is 1. The van der Waals surface area contributed by atoms with Gasteiger partial charge in [-0.2, -0.15) is 0 Å². The van der Waals surface area contributed by atoms with E-state index in [1.165, 1.54) is 13.2 Å². The summed E-state index contributed by atoms with van der Waals surface area (Å²) in [4.78, 5) is 13.0. The Balaban J connectivity index is 0.00000169. The van der Waals surface area contributed by atoms with Gasteiger partial charge in [0.15, 0.2) is 0 Å². The average Bonchev–Trinajstić information content (AvgIpc) is 2.19. The molecule has 0 spiro atoms. The van der Waals surface area contributed by atoms with E-state index in [2.05, 4.69) is 15.0 Å². The Morgan fingerprint density at radius 1 is 1.50 bits per heavy atom. The van der Waals surface area contributed by atoms with E-state index < -0.39 is 0 Å². The summed E-state index contributed by atoms with van der Waals surface area (Å²) in [6, 6.07) is 0. The minimum Gasteiger partial charge on any atom is -0.466 e. The van der Waals surface area contributed by atoms with Crippen molar-refractivity contribution in [1.82, 2.24) is 10.2 Å². The van der Waals surface area contributed by atoms with Crippen molar-refractivity contribution < 1.29 is 9.53 Å². The first-order valence-electron chi connectivity index (χ1n) is 4.50. The molecule has 1 aliphatic rings. The number of nitrogens with zero attached hydrogens (tertiary/aromatic N) is 1. The summed E-state index contributed by atoms with van der Waals surface area (Å²) in [5.74, 6) is -0.282. The molecule has 1 heterocycles. The number of carbonyl (C=O) groups is 1. The van der Waals surface area contributed by atoms with Crippen molar-refractivity contribution in [3.8, 4) is 0 Å². The van der Waals surface area contributed by atoms with Crippen LogP contribution in [0.2, 0.25) is 0 Å². The van der Waals surface area contributed by atoms with Crippen molar-refractivity contribution in [3.63, 3.8) is 0 Å². The Bertz CT molecular complexity index is 191. The molecule has 0 atom stereocenters. The molecular formula is C9H17ClN2O2. The molecular weight excluding hydrogens is 204 g/mol. The third-order valence-corrected chi connectivity index (χ3v) is 2.03. The van der Waals surface area contributed by atoms with Crippen LogP contribution in [0.3, 0.4) is 0 Å². The maximum Gasteiger partial charge on any atom is 0.330 e. The first-order chi connectivity index (χ1) is 6.33. The van der Waals surface area contributed by atoms with Crippen molar-refractivity contribution in [2.24, 2.45) is 0 Å². The number of hydrogen-bond donors (Lipinski definition) is 1. The molecule has 14 heavy (non-hydrogen) atoms. The minimum absolute atomic E-state index is 0. The van der Waals surface area contributed by atoms with Gasteiger partial charge in [-0.3, -0.25) is 4.90 Å². The molecule has 0 bridgehead atoms. The van der Waals surface area contributed by atoms with E-state index in [0.717, 1.165) is 32.7 Å². The fourth-order valence-electron chi connectivity index (χ4n) is 1.26. The molecule has 0 amide bonds. The first-order valence-corrected chi connectivity index (χ1v) is 4.50.